The van der Waals surface area contributed by atoms with Gasteiger partial charge in [0.25, 0.3) is 0 Å². The van der Waals surface area contributed by atoms with Crippen molar-refractivity contribution in [3.05, 3.63) is 0 Å². The van der Waals surface area contributed by atoms with Gasteiger partial charge >= 0.3 is 7.12 Å². The van der Waals surface area contributed by atoms with Crippen LogP contribution in [-0.2, 0) is 9.31 Å². The van der Waals surface area contributed by atoms with Crippen molar-refractivity contribution in [2.75, 3.05) is 6.67 Å². The molecule has 0 aliphatic carbocycles. The second-order valence-electron chi connectivity index (χ2n) is 4.52. The molecule has 1 fully saturated rings. The van der Waals surface area contributed by atoms with E-state index >= 15 is 0 Å². The summed E-state index contributed by atoms with van der Waals surface area (Å²) in [4.78, 5) is 0. The van der Waals surface area contributed by atoms with Crippen LogP contribution < -0.4 is 0 Å². The van der Waals surface area contributed by atoms with Crippen molar-refractivity contribution in [1.82, 2.24) is 0 Å². The van der Waals surface area contributed by atoms with E-state index in [1.165, 1.54) is 0 Å². The Morgan fingerprint density at radius 2 is 1.54 bits per heavy atom. The Morgan fingerprint density at radius 3 is 1.92 bits per heavy atom. The number of rotatable bonds is 3. The third-order valence-electron chi connectivity index (χ3n) is 2.88. The predicted molar refractivity (Wildman–Crippen MR) is 51.5 cm³/mol. The molecule has 0 bridgehead atoms. The largest absolute Gasteiger partial charge is 0.457 e. The first-order valence-corrected chi connectivity index (χ1v) is 4.81. The van der Waals surface area contributed by atoms with E-state index in [9.17, 15) is 4.39 Å². The van der Waals surface area contributed by atoms with Crippen LogP contribution in [0, 0.1) is 0 Å². The maximum atomic E-state index is 11.9. The summed E-state index contributed by atoms with van der Waals surface area (Å²) in [6, 6.07) is 0. The fraction of sp³-hybridized carbons (Fsp3) is 1.00. The highest BCUT2D eigenvalue weighted by Gasteiger charge is 2.50. The van der Waals surface area contributed by atoms with E-state index in [2.05, 4.69) is 0 Å². The van der Waals surface area contributed by atoms with Crippen LogP contribution in [0.1, 0.15) is 34.1 Å². The van der Waals surface area contributed by atoms with Gasteiger partial charge in [-0.25, -0.2) is 0 Å². The molecule has 0 aromatic rings. The van der Waals surface area contributed by atoms with E-state index in [4.69, 9.17) is 9.31 Å². The monoisotopic (exact) mass is 188 g/mol. The zero-order valence-electron chi connectivity index (χ0n) is 8.89. The molecule has 0 amide bonds. The van der Waals surface area contributed by atoms with Gasteiger partial charge in [0.15, 0.2) is 0 Å². The van der Waals surface area contributed by atoms with Gasteiger partial charge in [0.2, 0.25) is 0 Å². The standard InChI is InChI=1S/C9H18BFO2/c1-8(2)9(3,4)13-10(12-8)6-5-7-11/h5-7H2,1-4H3. The Balaban J connectivity index is 2.50. The van der Waals surface area contributed by atoms with Gasteiger partial charge < -0.3 is 9.31 Å². The molecule has 1 aliphatic heterocycles. The second kappa shape index (κ2) is 3.58. The van der Waals surface area contributed by atoms with E-state index in [1.54, 1.807) is 0 Å². The van der Waals surface area contributed by atoms with E-state index in [0.29, 0.717) is 12.7 Å². The zero-order valence-corrected chi connectivity index (χ0v) is 8.89. The fourth-order valence-electron chi connectivity index (χ4n) is 1.33. The van der Waals surface area contributed by atoms with Gasteiger partial charge in [-0.05, 0) is 40.4 Å². The van der Waals surface area contributed by atoms with Crippen LogP contribution in [0.25, 0.3) is 0 Å². The highest BCUT2D eigenvalue weighted by atomic mass is 19.1. The van der Waals surface area contributed by atoms with Crippen LogP contribution in [0.2, 0.25) is 6.32 Å². The van der Waals surface area contributed by atoms with Gasteiger partial charge in [0.05, 0.1) is 17.9 Å². The molecule has 1 aliphatic rings. The molecule has 0 atom stereocenters. The molecule has 0 aromatic carbocycles. The SMILES string of the molecule is CC1(C)OB(CCCF)OC1(C)C. The van der Waals surface area contributed by atoms with Crippen LogP contribution in [0.5, 0.6) is 0 Å². The summed E-state index contributed by atoms with van der Waals surface area (Å²) in [5.74, 6) is 0. The average molecular weight is 188 g/mol. The average Bonchev–Trinajstić information content (AvgIpc) is 2.17. The van der Waals surface area contributed by atoms with Crippen LogP contribution in [0.15, 0.2) is 0 Å². The maximum absolute atomic E-state index is 11.9. The molecular formula is C9H18BFO2. The number of hydrogen-bond acceptors (Lipinski definition) is 2. The lowest BCUT2D eigenvalue weighted by molar-refractivity contribution is 0.00578. The van der Waals surface area contributed by atoms with Crippen molar-refractivity contribution in [1.29, 1.82) is 0 Å². The molecule has 0 unspecified atom stereocenters. The van der Waals surface area contributed by atoms with E-state index < -0.39 is 0 Å². The summed E-state index contributed by atoms with van der Waals surface area (Å²) >= 11 is 0. The Morgan fingerprint density at radius 1 is 1.08 bits per heavy atom. The molecule has 13 heavy (non-hydrogen) atoms. The topological polar surface area (TPSA) is 18.5 Å². The van der Waals surface area contributed by atoms with Crippen molar-refractivity contribution >= 4 is 7.12 Å². The summed E-state index contributed by atoms with van der Waals surface area (Å²) in [6.07, 6.45) is 1.15. The smallest absolute Gasteiger partial charge is 0.403 e. The first-order chi connectivity index (χ1) is 5.89. The quantitative estimate of drug-likeness (QED) is 0.633. The second-order valence-corrected chi connectivity index (χ2v) is 4.52. The van der Waals surface area contributed by atoms with Crippen molar-refractivity contribution in [2.45, 2.75) is 51.6 Å². The van der Waals surface area contributed by atoms with Gasteiger partial charge in [0.1, 0.15) is 0 Å². The van der Waals surface area contributed by atoms with Crippen LogP contribution >= 0.6 is 0 Å². The van der Waals surface area contributed by atoms with Crippen LogP contribution in [0.3, 0.4) is 0 Å². The number of hydrogen-bond donors (Lipinski definition) is 0. The summed E-state index contributed by atoms with van der Waals surface area (Å²) < 4.78 is 23.3. The number of alkyl halides is 1. The highest BCUT2D eigenvalue weighted by Crippen LogP contribution is 2.37. The Hall–Kier alpha value is -0.0851. The molecule has 2 nitrogen and oxygen atoms in total. The van der Waals surface area contributed by atoms with Crippen molar-refractivity contribution < 1.29 is 13.7 Å². The predicted octanol–water partition coefficient (Wildman–Crippen LogP) is 2.44. The third kappa shape index (κ3) is 2.23. The van der Waals surface area contributed by atoms with Crippen LogP contribution in [0.4, 0.5) is 4.39 Å². The lowest BCUT2D eigenvalue weighted by Crippen LogP contribution is -2.41. The van der Waals surface area contributed by atoms with Gasteiger partial charge in [-0.3, -0.25) is 4.39 Å². The highest BCUT2D eigenvalue weighted by molar-refractivity contribution is 6.45. The molecule has 0 aromatic heterocycles. The van der Waals surface area contributed by atoms with Crippen molar-refractivity contribution in [2.24, 2.45) is 0 Å². The molecule has 1 saturated heterocycles. The Bertz CT molecular complexity index is 166. The summed E-state index contributed by atoms with van der Waals surface area (Å²) in [5, 5.41) is 0. The number of halogens is 1. The van der Waals surface area contributed by atoms with Crippen molar-refractivity contribution in [3.63, 3.8) is 0 Å². The molecule has 76 valence electrons. The lowest BCUT2D eigenvalue weighted by atomic mass is 9.83. The Kier molecular flexibility index (Phi) is 3.03. The van der Waals surface area contributed by atoms with E-state index in [1.807, 2.05) is 27.7 Å². The minimum atomic E-state index is -0.302. The maximum Gasteiger partial charge on any atom is 0.457 e. The minimum absolute atomic E-state index is 0.235. The molecule has 0 saturated carbocycles. The summed E-state index contributed by atoms with van der Waals surface area (Å²) in [5.41, 5.74) is -0.568. The fourth-order valence-corrected chi connectivity index (χ4v) is 1.33. The van der Waals surface area contributed by atoms with Gasteiger partial charge in [0, 0.05) is 0 Å². The van der Waals surface area contributed by atoms with Crippen molar-refractivity contribution in [3.8, 4) is 0 Å². The zero-order chi connectivity index (χ0) is 10.1. The molecule has 0 radical (unpaired) electrons. The van der Waals surface area contributed by atoms with Gasteiger partial charge in [-0.1, -0.05) is 0 Å². The molecule has 0 spiro atoms. The first kappa shape index (κ1) is 11.0. The molecule has 4 heteroatoms. The lowest BCUT2D eigenvalue weighted by Gasteiger charge is -2.32. The van der Waals surface area contributed by atoms with Crippen LogP contribution in [-0.4, -0.2) is 25.0 Å². The summed E-state index contributed by atoms with van der Waals surface area (Å²) in [6.45, 7) is 7.71. The first-order valence-electron chi connectivity index (χ1n) is 4.81. The molecule has 1 heterocycles. The van der Waals surface area contributed by atoms with Gasteiger partial charge in [-0.2, -0.15) is 0 Å². The van der Waals surface area contributed by atoms with E-state index in [0.717, 1.165) is 0 Å². The summed E-state index contributed by atoms with van der Waals surface area (Å²) in [7, 11) is -0.235. The molecule has 1 rings (SSSR count). The van der Waals surface area contributed by atoms with Gasteiger partial charge in [-0.15, -0.1) is 0 Å². The molecular weight excluding hydrogens is 170 g/mol. The van der Waals surface area contributed by atoms with E-state index in [-0.39, 0.29) is 25.0 Å². The molecule has 0 N–H and O–H groups in total. The normalized spacial score (nSPS) is 25.2. The minimum Gasteiger partial charge on any atom is -0.403 e. The third-order valence-corrected chi connectivity index (χ3v) is 2.88. The Labute approximate surface area is 79.9 Å².